The summed E-state index contributed by atoms with van der Waals surface area (Å²) in [6, 6.07) is 0. The minimum Gasteiger partial charge on any atom is -0.467 e. The molecule has 1 aromatic rings. The first-order valence-corrected chi connectivity index (χ1v) is 5.19. The highest BCUT2D eigenvalue weighted by atomic mass is 19.1. The van der Waals surface area contributed by atoms with Crippen LogP contribution in [0.3, 0.4) is 0 Å². The van der Waals surface area contributed by atoms with Crippen molar-refractivity contribution in [3.8, 4) is 0 Å². The van der Waals surface area contributed by atoms with Gasteiger partial charge in [-0.15, -0.1) is 0 Å². The van der Waals surface area contributed by atoms with E-state index in [1.807, 2.05) is 0 Å². The zero-order chi connectivity index (χ0) is 11.6. The lowest BCUT2D eigenvalue weighted by molar-refractivity contribution is -0.153. The van der Waals surface area contributed by atoms with E-state index in [9.17, 15) is 9.18 Å². The van der Waals surface area contributed by atoms with E-state index in [1.54, 1.807) is 0 Å². The van der Waals surface area contributed by atoms with Gasteiger partial charge in [-0.05, 0) is 25.9 Å². The minimum absolute atomic E-state index is 0.364. The zero-order valence-electron chi connectivity index (χ0n) is 9.07. The van der Waals surface area contributed by atoms with Crippen molar-refractivity contribution in [2.75, 3.05) is 20.2 Å². The summed E-state index contributed by atoms with van der Waals surface area (Å²) in [4.78, 5) is 11.9. The topological polar surface area (TPSA) is 56.2 Å². The second-order valence-corrected chi connectivity index (χ2v) is 3.88. The number of ether oxygens (including phenoxy) is 1. The van der Waals surface area contributed by atoms with Crippen LogP contribution in [0.4, 0.5) is 4.39 Å². The predicted molar refractivity (Wildman–Crippen MR) is 54.3 cm³/mol. The number of esters is 1. The van der Waals surface area contributed by atoms with Crippen LogP contribution in [0.2, 0.25) is 0 Å². The van der Waals surface area contributed by atoms with Crippen LogP contribution in [-0.2, 0) is 15.1 Å². The van der Waals surface area contributed by atoms with Crippen LogP contribution >= 0.6 is 0 Å². The summed E-state index contributed by atoms with van der Waals surface area (Å²) >= 11 is 0. The Balaban J connectivity index is 2.37. The van der Waals surface area contributed by atoms with E-state index < -0.39 is 11.4 Å². The van der Waals surface area contributed by atoms with E-state index in [0.717, 1.165) is 6.20 Å². The summed E-state index contributed by atoms with van der Waals surface area (Å²) in [6.45, 7) is 1.38. The number of hydrogen-bond donors (Lipinski definition) is 1. The SMILES string of the molecule is COC(=O)C1(n2cc(F)cn2)CCNCC1. The molecular formula is C10H14FN3O2. The Bertz CT molecular complexity index is 385. The van der Waals surface area contributed by atoms with Crippen molar-refractivity contribution in [1.29, 1.82) is 0 Å². The van der Waals surface area contributed by atoms with Crippen LogP contribution in [0.25, 0.3) is 0 Å². The maximum atomic E-state index is 13.0. The molecule has 1 fully saturated rings. The van der Waals surface area contributed by atoms with Crippen molar-refractivity contribution in [1.82, 2.24) is 15.1 Å². The van der Waals surface area contributed by atoms with E-state index in [4.69, 9.17) is 4.74 Å². The smallest absolute Gasteiger partial charge is 0.333 e. The Morgan fingerprint density at radius 1 is 1.62 bits per heavy atom. The third-order valence-electron chi connectivity index (χ3n) is 2.99. The van der Waals surface area contributed by atoms with Gasteiger partial charge in [0, 0.05) is 0 Å². The number of methoxy groups -OCH3 is 1. The van der Waals surface area contributed by atoms with Gasteiger partial charge >= 0.3 is 5.97 Å². The molecule has 5 nitrogen and oxygen atoms in total. The number of carbonyl (C=O) groups is 1. The van der Waals surface area contributed by atoms with Crippen LogP contribution in [0.5, 0.6) is 0 Å². The van der Waals surface area contributed by atoms with Gasteiger partial charge in [0.15, 0.2) is 11.4 Å². The maximum Gasteiger partial charge on any atom is 0.333 e. The number of piperidine rings is 1. The van der Waals surface area contributed by atoms with Gasteiger partial charge in [0.25, 0.3) is 0 Å². The summed E-state index contributed by atoms with van der Waals surface area (Å²) in [6.07, 6.45) is 3.45. The molecule has 2 rings (SSSR count). The number of carbonyl (C=O) groups excluding carboxylic acids is 1. The quantitative estimate of drug-likeness (QED) is 0.737. The van der Waals surface area contributed by atoms with Crippen LogP contribution in [-0.4, -0.2) is 35.9 Å². The molecule has 1 aromatic heterocycles. The summed E-state index contributed by atoms with van der Waals surface area (Å²) < 4.78 is 19.2. The third kappa shape index (κ3) is 1.69. The lowest BCUT2D eigenvalue weighted by Crippen LogP contribution is -2.50. The molecule has 6 heteroatoms. The van der Waals surface area contributed by atoms with Crippen LogP contribution < -0.4 is 5.32 Å². The number of hydrogen-bond acceptors (Lipinski definition) is 4. The molecule has 0 spiro atoms. The molecule has 0 amide bonds. The molecule has 0 atom stereocenters. The summed E-state index contributed by atoms with van der Waals surface area (Å²) in [5, 5.41) is 7.05. The first-order valence-electron chi connectivity index (χ1n) is 5.19. The first kappa shape index (κ1) is 11.1. The molecule has 16 heavy (non-hydrogen) atoms. The third-order valence-corrected chi connectivity index (χ3v) is 2.99. The van der Waals surface area contributed by atoms with Crippen molar-refractivity contribution >= 4 is 5.97 Å². The first-order chi connectivity index (χ1) is 7.69. The number of halogens is 1. The summed E-state index contributed by atoms with van der Waals surface area (Å²) in [5.41, 5.74) is -0.857. The van der Waals surface area contributed by atoms with E-state index >= 15 is 0 Å². The largest absolute Gasteiger partial charge is 0.467 e. The normalized spacial score (nSPS) is 19.4. The molecule has 0 aliphatic carbocycles. The lowest BCUT2D eigenvalue weighted by Gasteiger charge is -2.34. The number of rotatable bonds is 2. The van der Waals surface area contributed by atoms with Crippen molar-refractivity contribution in [2.45, 2.75) is 18.4 Å². The molecule has 0 aromatic carbocycles. The van der Waals surface area contributed by atoms with E-state index in [1.165, 1.54) is 18.0 Å². The molecule has 0 saturated carbocycles. The second kappa shape index (κ2) is 4.21. The summed E-state index contributed by atoms with van der Waals surface area (Å²) in [5.74, 6) is -0.807. The monoisotopic (exact) mass is 227 g/mol. The molecule has 1 saturated heterocycles. The van der Waals surface area contributed by atoms with Crippen molar-refractivity contribution in [3.63, 3.8) is 0 Å². The second-order valence-electron chi connectivity index (χ2n) is 3.88. The van der Waals surface area contributed by atoms with E-state index in [2.05, 4.69) is 10.4 Å². The average molecular weight is 227 g/mol. The van der Waals surface area contributed by atoms with Gasteiger partial charge in [-0.25, -0.2) is 9.18 Å². The highest BCUT2D eigenvalue weighted by Crippen LogP contribution is 2.28. The lowest BCUT2D eigenvalue weighted by atomic mass is 9.88. The van der Waals surface area contributed by atoms with E-state index in [-0.39, 0.29) is 5.97 Å². The van der Waals surface area contributed by atoms with Crippen molar-refractivity contribution in [3.05, 3.63) is 18.2 Å². The van der Waals surface area contributed by atoms with E-state index in [0.29, 0.717) is 25.9 Å². The minimum atomic E-state index is -0.857. The fraction of sp³-hybridized carbons (Fsp3) is 0.600. The molecule has 0 bridgehead atoms. The maximum absolute atomic E-state index is 13.0. The Kier molecular flexibility index (Phi) is 2.91. The van der Waals surface area contributed by atoms with Gasteiger partial charge in [-0.2, -0.15) is 5.10 Å². The zero-order valence-corrected chi connectivity index (χ0v) is 9.07. The predicted octanol–water partition coefficient (Wildman–Crippen LogP) is 0.274. The molecule has 1 aliphatic heterocycles. The molecular weight excluding hydrogens is 213 g/mol. The van der Waals surface area contributed by atoms with Gasteiger partial charge in [-0.1, -0.05) is 0 Å². The van der Waals surface area contributed by atoms with Crippen molar-refractivity contribution < 1.29 is 13.9 Å². The van der Waals surface area contributed by atoms with Gasteiger partial charge in [0.05, 0.1) is 19.5 Å². The van der Waals surface area contributed by atoms with Gasteiger partial charge in [-0.3, -0.25) is 4.68 Å². The Hall–Kier alpha value is -1.43. The fourth-order valence-electron chi connectivity index (χ4n) is 2.09. The van der Waals surface area contributed by atoms with Crippen molar-refractivity contribution in [2.24, 2.45) is 0 Å². The van der Waals surface area contributed by atoms with Crippen LogP contribution in [0.15, 0.2) is 12.4 Å². The molecule has 0 unspecified atom stereocenters. The molecule has 2 heterocycles. The van der Waals surface area contributed by atoms with Crippen LogP contribution in [0, 0.1) is 5.82 Å². The highest BCUT2D eigenvalue weighted by molar-refractivity contribution is 5.78. The number of nitrogens with zero attached hydrogens (tertiary/aromatic N) is 2. The van der Waals surface area contributed by atoms with Gasteiger partial charge in [0.1, 0.15) is 0 Å². The molecule has 1 aliphatic rings. The standard InChI is InChI=1S/C10H14FN3O2/c1-16-9(15)10(2-4-12-5-3-10)14-7-8(11)6-13-14/h6-7,12H,2-5H2,1H3. The highest BCUT2D eigenvalue weighted by Gasteiger charge is 2.43. The number of aromatic nitrogens is 2. The molecule has 0 radical (unpaired) electrons. The van der Waals surface area contributed by atoms with Gasteiger partial charge in [0.2, 0.25) is 0 Å². The average Bonchev–Trinajstić information content (AvgIpc) is 2.76. The summed E-state index contributed by atoms with van der Waals surface area (Å²) in [7, 11) is 1.34. The fourth-order valence-corrected chi connectivity index (χ4v) is 2.09. The Morgan fingerprint density at radius 2 is 2.31 bits per heavy atom. The molecule has 88 valence electrons. The number of nitrogens with one attached hydrogen (secondary N) is 1. The Labute approximate surface area is 92.6 Å². The van der Waals surface area contributed by atoms with Gasteiger partial charge < -0.3 is 10.1 Å². The Morgan fingerprint density at radius 3 is 2.81 bits per heavy atom. The molecule has 1 N–H and O–H groups in total. The van der Waals surface area contributed by atoms with Crippen LogP contribution in [0.1, 0.15) is 12.8 Å².